The molecule has 2 aliphatic rings. The Morgan fingerprint density at radius 2 is 1.88 bits per heavy atom. The Morgan fingerprint density at radius 1 is 1.20 bits per heavy atom. The molecule has 1 heterocycles. The van der Waals surface area contributed by atoms with E-state index in [-0.39, 0.29) is 19.6 Å². The summed E-state index contributed by atoms with van der Waals surface area (Å²) in [6.07, 6.45) is -0.0239. The van der Waals surface area contributed by atoms with Crippen molar-refractivity contribution in [1.82, 2.24) is 4.90 Å². The number of piperidine rings is 1. The third kappa shape index (κ3) is 2.37. The van der Waals surface area contributed by atoms with Gasteiger partial charge in [0, 0.05) is 13.1 Å². The Kier molecular flexibility index (Phi) is 4.18. The van der Waals surface area contributed by atoms with Gasteiger partial charge in [0.15, 0.2) is 0 Å². The fourth-order valence-electron chi connectivity index (χ4n) is 4.53. The van der Waals surface area contributed by atoms with Crippen LogP contribution in [0.5, 0.6) is 0 Å². The van der Waals surface area contributed by atoms with Crippen LogP contribution in [-0.4, -0.2) is 46.2 Å². The average Bonchev–Trinajstić information content (AvgIpc) is 3.25. The first-order chi connectivity index (χ1) is 11.9. The van der Waals surface area contributed by atoms with E-state index >= 15 is 0 Å². The van der Waals surface area contributed by atoms with E-state index in [9.17, 15) is 24.6 Å². The summed E-state index contributed by atoms with van der Waals surface area (Å²) in [5.74, 6) is -2.69. The second-order valence-corrected chi connectivity index (χ2v) is 6.71. The van der Waals surface area contributed by atoms with Gasteiger partial charge in [0.05, 0.1) is 5.41 Å². The normalized spacial score (nSPS) is 30.3. The van der Waals surface area contributed by atoms with Crippen molar-refractivity contribution in [1.29, 1.82) is 0 Å². The number of ether oxygens (including phenoxy) is 1. The van der Waals surface area contributed by atoms with Crippen LogP contribution in [0.3, 0.4) is 0 Å². The lowest BCUT2D eigenvalue weighted by Gasteiger charge is -2.30. The molecule has 1 aromatic carbocycles. The molecule has 2 N–H and O–H groups in total. The number of carbonyl (C=O) groups is 3. The number of nitrogens with zero attached hydrogens (tertiary/aromatic N) is 1. The average molecular weight is 347 g/mol. The highest BCUT2D eigenvalue weighted by atomic mass is 16.6. The largest absolute Gasteiger partial charge is 0.481 e. The van der Waals surface area contributed by atoms with Crippen LogP contribution < -0.4 is 0 Å². The topological polar surface area (TPSA) is 104 Å². The minimum Gasteiger partial charge on any atom is -0.481 e. The van der Waals surface area contributed by atoms with Crippen LogP contribution in [-0.2, 0) is 20.9 Å². The smallest absolute Gasteiger partial charge is 0.410 e. The molecule has 1 aliphatic heterocycles. The van der Waals surface area contributed by atoms with Crippen molar-refractivity contribution in [3.8, 4) is 0 Å². The van der Waals surface area contributed by atoms with Gasteiger partial charge in [0.2, 0.25) is 0 Å². The van der Waals surface area contributed by atoms with E-state index < -0.39 is 34.8 Å². The quantitative estimate of drug-likeness (QED) is 0.846. The third-order valence-electron chi connectivity index (χ3n) is 5.81. The summed E-state index contributed by atoms with van der Waals surface area (Å²) >= 11 is 0. The van der Waals surface area contributed by atoms with Crippen molar-refractivity contribution in [2.45, 2.75) is 26.4 Å². The van der Waals surface area contributed by atoms with Gasteiger partial charge < -0.3 is 19.8 Å². The van der Waals surface area contributed by atoms with E-state index in [1.165, 1.54) is 4.90 Å². The van der Waals surface area contributed by atoms with Crippen molar-refractivity contribution >= 4 is 18.0 Å². The van der Waals surface area contributed by atoms with Crippen LogP contribution in [0.4, 0.5) is 4.79 Å². The Balaban J connectivity index is 1.73. The molecule has 1 amide bonds. The van der Waals surface area contributed by atoms with Crippen LogP contribution in [0.15, 0.2) is 30.3 Å². The number of hydrogen-bond donors (Lipinski definition) is 2. The summed E-state index contributed by atoms with van der Waals surface area (Å²) < 4.78 is 5.27. The Hall–Kier alpha value is -2.57. The molecule has 3 rings (SSSR count). The number of rotatable bonds is 5. The number of hydrogen-bond acceptors (Lipinski definition) is 4. The highest BCUT2D eigenvalue weighted by Crippen LogP contribution is 2.74. The fourth-order valence-corrected chi connectivity index (χ4v) is 4.53. The predicted molar refractivity (Wildman–Crippen MR) is 86.7 cm³/mol. The van der Waals surface area contributed by atoms with Crippen molar-refractivity contribution in [2.75, 3.05) is 13.1 Å². The van der Waals surface area contributed by atoms with Gasteiger partial charge >= 0.3 is 18.0 Å². The maximum absolute atomic E-state index is 12.3. The lowest BCUT2D eigenvalue weighted by molar-refractivity contribution is -0.154. The van der Waals surface area contributed by atoms with Crippen LogP contribution in [0, 0.1) is 16.7 Å². The Labute approximate surface area is 145 Å². The number of benzene rings is 1. The molecule has 25 heavy (non-hydrogen) atoms. The molecule has 1 saturated carbocycles. The van der Waals surface area contributed by atoms with Gasteiger partial charge in [-0.1, -0.05) is 37.3 Å². The summed E-state index contributed by atoms with van der Waals surface area (Å²) in [5, 5.41) is 19.3. The van der Waals surface area contributed by atoms with E-state index in [1.807, 2.05) is 30.3 Å². The van der Waals surface area contributed by atoms with E-state index in [0.717, 1.165) is 5.56 Å². The van der Waals surface area contributed by atoms with Crippen LogP contribution in [0.2, 0.25) is 0 Å². The molecule has 3 atom stereocenters. The SMILES string of the molecule is CCC1(C(=O)O)C2CCN(C(=O)OCc3ccccc3)CC21C(=O)O. The second kappa shape index (κ2) is 6.06. The van der Waals surface area contributed by atoms with Gasteiger partial charge in [-0.2, -0.15) is 0 Å². The zero-order chi connectivity index (χ0) is 18.2. The van der Waals surface area contributed by atoms with Crippen LogP contribution in [0.1, 0.15) is 25.3 Å². The van der Waals surface area contributed by atoms with E-state index in [0.29, 0.717) is 13.0 Å². The van der Waals surface area contributed by atoms with Crippen molar-refractivity contribution < 1.29 is 29.3 Å². The zero-order valence-corrected chi connectivity index (χ0v) is 14.0. The molecule has 2 fully saturated rings. The lowest BCUT2D eigenvalue weighted by atomic mass is 9.89. The highest BCUT2D eigenvalue weighted by molar-refractivity contribution is 5.95. The van der Waals surface area contributed by atoms with Gasteiger partial charge in [-0.05, 0) is 24.3 Å². The molecule has 0 bridgehead atoms. The molecular weight excluding hydrogens is 326 g/mol. The number of fused-ring (bicyclic) bond motifs is 1. The summed E-state index contributed by atoms with van der Waals surface area (Å²) in [5.41, 5.74) is -1.89. The van der Waals surface area contributed by atoms with Crippen molar-refractivity contribution in [3.63, 3.8) is 0 Å². The molecule has 0 radical (unpaired) electrons. The van der Waals surface area contributed by atoms with E-state index in [4.69, 9.17) is 4.74 Å². The van der Waals surface area contributed by atoms with Gasteiger partial charge in [0.25, 0.3) is 0 Å². The number of aliphatic carboxylic acids is 2. The number of likely N-dealkylation sites (tertiary alicyclic amines) is 1. The third-order valence-corrected chi connectivity index (χ3v) is 5.81. The maximum atomic E-state index is 12.3. The minimum atomic E-state index is -1.42. The van der Waals surface area contributed by atoms with Gasteiger partial charge in [0.1, 0.15) is 12.0 Å². The molecule has 1 saturated heterocycles. The van der Waals surface area contributed by atoms with E-state index in [1.54, 1.807) is 6.92 Å². The molecule has 7 nitrogen and oxygen atoms in total. The van der Waals surface area contributed by atoms with Gasteiger partial charge in [-0.25, -0.2) is 4.79 Å². The molecule has 1 aromatic rings. The zero-order valence-electron chi connectivity index (χ0n) is 14.0. The summed E-state index contributed by atoms with van der Waals surface area (Å²) in [7, 11) is 0. The summed E-state index contributed by atoms with van der Waals surface area (Å²) in [6, 6.07) is 9.18. The Bertz CT molecular complexity index is 705. The first-order valence-corrected chi connectivity index (χ1v) is 8.32. The first kappa shape index (κ1) is 17.3. The first-order valence-electron chi connectivity index (χ1n) is 8.32. The fraction of sp³-hybridized carbons (Fsp3) is 0.500. The lowest BCUT2D eigenvalue weighted by Crippen LogP contribution is -2.45. The Morgan fingerprint density at radius 3 is 2.44 bits per heavy atom. The number of carboxylic acids is 2. The molecular formula is C18H21NO6. The predicted octanol–water partition coefficient (Wildman–Crippen LogP) is 2.21. The van der Waals surface area contributed by atoms with Crippen molar-refractivity contribution in [2.24, 2.45) is 16.7 Å². The summed E-state index contributed by atoms with van der Waals surface area (Å²) in [4.78, 5) is 37.3. The molecule has 1 aliphatic carbocycles. The number of carboxylic acid groups (broad SMARTS) is 2. The maximum Gasteiger partial charge on any atom is 0.410 e. The molecule has 0 aromatic heterocycles. The van der Waals surface area contributed by atoms with Gasteiger partial charge in [-0.15, -0.1) is 0 Å². The van der Waals surface area contributed by atoms with Crippen molar-refractivity contribution in [3.05, 3.63) is 35.9 Å². The van der Waals surface area contributed by atoms with Crippen LogP contribution >= 0.6 is 0 Å². The monoisotopic (exact) mass is 347 g/mol. The minimum absolute atomic E-state index is 0.0948. The number of amides is 1. The summed E-state index contributed by atoms with van der Waals surface area (Å²) in [6.45, 7) is 1.97. The molecule has 134 valence electrons. The van der Waals surface area contributed by atoms with Crippen LogP contribution in [0.25, 0.3) is 0 Å². The van der Waals surface area contributed by atoms with E-state index in [2.05, 4.69) is 0 Å². The molecule has 3 unspecified atom stereocenters. The number of carbonyl (C=O) groups excluding carboxylic acids is 1. The molecule has 0 spiro atoms. The van der Waals surface area contributed by atoms with Gasteiger partial charge in [-0.3, -0.25) is 9.59 Å². The molecule has 7 heteroatoms. The highest BCUT2D eigenvalue weighted by Gasteiger charge is 2.85. The standard InChI is InChI=1S/C18H21NO6/c1-2-17(14(20)21)13-8-9-19(11-18(13,17)15(22)23)16(24)25-10-12-6-4-3-5-7-12/h3-7,13H,2,8-11H2,1H3,(H,20,21)(H,22,23). The second-order valence-electron chi connectivity index (χ2n) is 6.71.